The number of aromatic hydroxyl groups is 2. The summed E-state index contributed by atoms with van der Waals surface area (Å²) in [5, 5.41) is 20.1. The Bertz CT molecular complexity index is 694. The third kappa shape index (κ3) is 4.98. The van der Waals surface area contributed by atoms with E-state index in [0.29, 0.717) is 24.3 Å². The molecule has 0 aliphatic carbocycles. The first-order valence-electron chi connectivity index (χ1n) is 8.04. The lowest BCUT2D eigenvalue weighted by molar-refractivity contribution is 0.0658. The molecule has 5 heteroatoms. The number of rotatable bonds is 9. The predicted molar refractivity (Wildman–Crippen MR) is 96.4 cm³/mol. The molecule has 2 aromatic rings. The van der Waals surface area contributed by atoms with Gasteiger partial charge >= 0.3 is 0 Å². The molecule has 0 bridgehead atoms. The van der Waals surface area contributed by atoms with Gasteiger partial charge in [-0.2, -0.15) is 0 Å². The van der Waals surface area contributed by atoms with Crippen molar-refractivity contribution in [3.05, 3.63) is 60.2 Å². The van der Waals surface area contributed by atoms with E-state index in [2.05, 4.69) is 6.58 Å². The monoisotopic (exact) mass is 344 g/mol. The highest BCUT2D eigenvalue weighted by Gasteiger charge is 2.17. The van der Waals surface area contributed by atoms with Crippen LogP contribution in [0.4, 0.5) is 0 Å². The SMILES string of the molecule is C=CCc1ccc(Oc2cc([C@@H](CCOC)OC)cc(O)c2O)cc1. The molecule has 0 heterocycles. The van der Waals surface area contributed by atoms with Gasteiger partial charge in [-0.05, 0) is 41.8 Å². The summed E-state index contributed by atoms with van der Waals surface area (Å²) in [7, 11) is 3.20. The lowest BCUT2D eigenvalue weighted by atomic mass is 10.1. The van der Waals surface area contributed by atoms with Crippen LogP contribution in [0.25, 0.3) is 0 Å². The van der Waals surface area contributed by atoms with Crippen LogP contribution in [0.3, 0.4) is 0 Å². The van der Waals surface area contributed by atoms with Gasteiger partial charge < -0.3 is 24.4 Å². The Morgan fingerprint density at radius 2 is 1.84 bits per heavy atom. The number of hydrogen-bond donors (Lipinski definition) is 2. The maximum absolute atomic E-state index is 10.1. The Morgan fingerprint density at radius 1 is 1.12 bits per heavy atom. The van der Waals surface area contributed by atoms with Crippen LogP contribution in [0.1, 0.15) is 23.7 Å². The summed E-state index contributed by atoms with van der Waals surface area (Å²) >= 11 is 0. The van der Waals surface area contributed by atoms with Crippen LogP contribution in [0.15, 0.2) is 49.1 Å². The summed E-state index contributed by atoms with van der Waals surface area (Å²) in [6.07, 6.45) is 2.95. The minimum atomic E-state index is -0.305. The van der Waals surface area contributed by atoms with Crippen molar-refractivity contribution >= 4 is 0 Å². The molecule has 0 amide bonds. The molecule has 0 saturated carbocycles. The second-order valence-electron chi connectivity index (χ2n) is 5.63. The molecule has 2 N–H and O–H groups in total. The molecule has 0 unspecified atom stereocenters. The highest BCUT2D eigenvalue weighted by molar-refractivity contribution is 5.54. The average molecular weight is 344 g/mol. The topological polar surface area (TPSA) is 68.2 Å². The molecule has 2 rings (SSSR count). The van der Waals surface area contributed by atoms with E-state index in [1.165, 1.54) is 6.07 Å². The van der Waals surface area contributed by atoms with E-state index < -0.39 is 0 Å². The predicted octanol–water partition coefficient (Wildman–Crippen LogP) is 4.34. The fourth-order valence-electron chi connectivity index (χ4n) is 2.51. The van der Waals surface area contributed by atoms with E-state index in [-0.39, 0.29) is 23.4 Å². The Balaban J connectivity index is 2.25. The summed E-state index contributed by atoms with van der Waals surface area (Å²) in [4.78, 5) is 0. The van der Waals surface area contributed by atoms with Crippen molar-refractivity contribution in [1.82, 2.24) is 0 Å². The Hall–Kier alpha value is -2.50. The van der Waals surface area contributed by atoms with Gasteiger partial charge in [-0.25, -0.2) is 0 Å². The zero-order valence-corrected chi connectivity index (χ0v) is 14.6. The first kappa shape index (κ1) is 18.8. The van der Waals surface area contributed by atoms with E-state index in [0.717, 1.165) is 12.0 Å². The largest absolute Gasteiger partial charge is 0.504 e. The van der Waals surface area contributed by atoms with Crippen molar-refractivity contribution in [2.24, 2.45) is 0 Å². The Kier molecular flexibility index (Phi) is 6.86. The number of ether oxygens (including phenoxy) is 3. The van der Waals surface area contributed by atoms with E-state index in [9.17, 15) is 10.2 Å². The molecule has 0 aliphatic heterocycles. The van der Waals surface area contributed by atoms with Crippen molar-refractivity contribution in [3.63, 3.8) is 0 Å². The molecule has 0 fully saturated rings. The molecule has 0 aromatic heterocycles. The zero-order chi connectivity index (χ0) is 18.2. The average Bonchev–Trinajstić information content (AvgIpc) is 2.61. The van der Waals surface area contributed by atoms with Crippen LogP contribution in [0.2, 0.25) is 0 Å². The van der Waals surface area contributed by atoms with Crippen molar-refractivity contribution < 1.29 is 24.4 Å². The summed E-state index contributed by atoms with van der Waals surface area (Å²) < 4.78 is 16.3. The van der Waals surface area contributed by atoms with Crippen LogP contribution >= 0.6 is 0 Å². The number of hydrogen-bond acceptors (Lipinski definition) is 5. The summed E-state index contributed by atoms with van der Waals surface area (Å²) in [5.41, 5.74) is 1.82. The molecule has 0 radical (unpaired) electrons. The van der Waals surface area contributed by atoms with Gasteiger partial charge in [0.2, 0.25) is 5.75 Å². The van der Waals surface area contributed by atoms with Crippen LogP contribution in [-0.2, 0) is 15.9 Å². The first-order chi connectivity index (χ1) is 12.1. The molecule has 0 aliphatic rings. The Morgan fingerprint density at radius 3 is 2.44 bits per heavy atom. The Labute approximate surface area is 148 Å². The quantitative estimate of drug-likeness (QED) is 0.523. The molecule has 134 valence electrons. The van der Waals surface area contributed by atoms with Crippen LogP contribution in [0, 0.1) is 0 Å². The van der Waals surface area contributed by atoms with Crippen molar-refractivity contribution in [2.75, 3.05) is 20.8 Å². The third-order valence-corrected chi connectivity index (χ3v) is 3.85. The summed E-state index contributed by atoms with van der Waals surface area (Å²) in [6, 6.07) is 10.6. The fourth-order valence-corrected chi connectivity index (χ4v) is 2.51. The van der Waals surface area contributed by atoms with E-state index >= 15 is 0 Å². The molecule has 25 heavy (non-hydrogen) atoms. The van der Waals surface area contributed by atoms with Gasteiger partial charge in [0.15, 0.2) is 11.5 Å². The molecular formula is C20H24O5. The van der Waals surface area contributed by atoms with E-state index in [4.69, 9.17) is 14.2 Å². The highest BCUT2D eigenvalue weighted by Crippen LogP contribution is 2.41. The summed E-state index contributed by atoms with van der Waals surface area (Å²) in [5.74, 6) is 0.173. The van der Waals surface area contributed by atoms with Gasteiger partial charge in [0, 0.05) is 27.2 Å². The van der Waals surface area contributed by atoms with Gasteiger partial charge in [-0.1, -0.05) is 18.2 Å². The number of phenolic OH excluding ortho intramolecular Hbond substituents is 2. The highest BCUT2D eigenvalue weighted by atomic mass is 16.5. The molecule has 0 spiro atoms. The molecule has 1 atom stereocenters. The normalized spacial score (nSPS) is 11.9. The minimum absolute atomic E-state index is 0.172. The van der Waals surface area contributed by atoms with Crippen LogP contribution in [0.5, 0.6) is 23.0 Å². The van der Waals surface area contributed by atoms with Crippen LogP contribution < -0.4 is 4.74 Å². The van der Waals surface area contributed by atoms with Gasteiger partial charge in [0.25, 0.3) is 0 Å². The maximum atomic E-state index is 10.1. The second-order valence-corrected chi connectivity index (χ2v) is 5.63. The summed E-state index contributed by atoms with van der Waals surface area (Å²) in [6.45, 7) is 4.23. The van der Waals surface area contributed by atoms with Crippen molar-refractivity contribution in [2.45, 2.75) is 18.9 Å². The van der Waals surface area contributed by atoms with Crippen LogP contribution in [-0.4, -0.2) is 31.0 Å². The molecule has 0 saturated heterocycles. The molecule has 2 aromatic carbocycles. The number of phenols is 2. The van der Waals surface area contributed by atoms with Gasteiger partial charge in [0.1, 0.15) is 5.75 Å². The molecule has 5 nitrogen and oxygen atoms in total. The van der Waals surface area contributed by atoms with Crippen molar-refractivity contribution in [1.29, 1.82) is 0 Å². The van der Waals surface area contributed by atoms with E-state index in [1.807, 2.05) is 18.2 Å². The smallest absolute Gasteiger partial charge is 0.201 e. The van der Waals surface area contributed by atoms with E-state index in [1.54, 1.807) is 32.4 Å². The van der Waals surface area contributed by atoms with Gasteiger partial charge in [-0.3, -0.25) is 0 Å². The zero-order valence-electron chi connectivity index (χ0n) is 14.6. The van der Waals surface area contributed by atoms with Gasteiger partial charge in [-0.15, -0.1) is 6.58 Å². The fraction of sp³-hybridized carbons (Fsp3) is 0.300. The molecular weight excluding hydrogens is 320 g/mol. The lowest BCUT2D eigenvalue weighted by Crippen LogP contribution is -2.05. The third-order valence-electron chi connectivity index (χ3n) is 3.85. The minimum Gasteiger partial charge on any atom is -0.504 e. The number of benzene rings is 2. The number of allylic oxidation sites excluding steroid dienone is 1. The second kappa shape index (κ2) is 9.11. The standard InChI is InChI=1S/C20H24O5/c1-4-5-14-6-8-16(9-7-14)25-19-13-15(12-17(21)20(19)22)18(24-3)10-11-23-2/h4,6-9,12-13,18,21-22H,1,5,10-11H2,2-3H3/t18-/m1/s1. The lowest BCUT2D eigenvalue weighted by Gasteiger charge is -2.18. The van der Waals surface area contributed by atoms with Crippen molar-refractivity contribution in [3.8, 4) is 23.0 Å². The first-order valence-corrected chi connectivity index (χ1v) is 8.04. The number of methoxy groups -OCH3 is 2. The maximum Gasteiger partial charge on any atom is 0.201 e. The van der Waals surface area contributed by atoms with Gasteiger partial charge in [0.05, 0.1) is 6.10 Å².